The quantitative estimate of drug-likeness (QED) is 0.565. The Morgan fingerprint density at radius 1 is 1.35 bits per heavy atom. The minimum Gasteiger partial charge on any atom is -0.461 e. The first-order chi connectivity index (χ1) is 11.0. The third kappa shape index (κ3) is 2.57. The Balaban J connectivity index is 1.95. The van der Waals surface area contributed by atoms with Crippen LogP contribution in [0.25, 0.3) is 0 Å². The number of carbonyl (C=O) groups excluding carboxylic acids is 3. The number of imide groups is 1. The minimum atomic E-state index is -0.961. The number of anilines is 1. The van der Waals surface area contributed by atoms with E-state index in [0.29, 0.717) is 10.2 Å². The molecule has 2 atom stereocenters. The van der Waals surface area contributed by atoms with Gasteiger partial charge in [-0.25, -0.2) is 9.69 Å². The van der Waals surface area contributed by atoms with Crippen LogP contribution in [0.5, 0.6) is 0 Å². The fraction of sp³-hybridized carbons (Fsp3) is 0.286. The average molecular weight is 445 g/mol. The number of esters is 1. The molecule has 0 bridgehead atoms. The van der Waals surface area contributed by atoms with Crippen LogP contribution in [0.2, 0.25) is 0 Å². The van der Waals surface area contributed by atoms with Gasteiger partial charge in [-0.15, -0.1) is 0 Å². The summed E-state index contributed by atoms with van der Waals surface area (Å²) in [6, 6.07) is 4.23. The van der Waals surface area contributed by atoms with Crippen molar-refractivity contribution in [2.45, 2.75) is 13.0 Å². The molecule has 2 aliphatic rings. The van der Waals surface area contributed by atoms with Crippen LogP contribution in [0.4, 0.5) is 5.69 Å². The maximum absolute atomic E-state index is 12.7. The highest BCUT2D eigenvalue weighted by molar-refractivity contribution is 9.11. The summed E-state index contributed by atoms with van der Waals surface area (Å²) < 4.78 is 6.28. The van der Waals surface area contributed by atoms with E-state index in [1.165, 1.54) is 0 Å². The van der Waals surface area contributed by atoms with E-state index >= 15 is 0 Å². The van der Waals surface area contributed by atoms with Crippen molar-refractivity contribution < 1.29 is 19.1 Å². The first-order valence-electron chi connectivity index (χ1n) is 6.78. The summed E-state index contributed by atoms with van der Waals surface area (Å²) in [5.74, 6) is -2.60. The highest BCUT2D eigenvalue weighted by Gasteiger charge is 2.56. The first kappa shape index (κ1) is 16.1. The SMILES string of the molecule is CCOC(=O)C1=NNC2C(=O)N(c3ccc(Br)cc3Br)C(=O)C12. The highest BCUT2D eigenvalue weighted by atomic mass is 79.9. The third-order valence-corrected chi connectivity index (χ3v) is 4.69. The molecule has 3 rings (SSSR count). The molecule has 0 radical (unpaired) electrons. The van der Waals surface area contributed by atoms with Crippen LogP contribution < -0.4 is 10.3 Å². The molecular weight excluding hydrogens is 434 g/mol. The lowest BCUT2D eigenvalue weighted by atomic mass is 9.99. The number of nitrogens with zero attached hydrogens (tertiary/aromatic N) is 2. The van der Waals surface area contributed by atoms with Crippen molar-refractivity contribution in [3.05, 3.63) is 27.1 Å². The summed E-state index contributed by atoms with van der Waals surface area (Å²) >= 11 is 6.66. The maximum Gasteiger partial charge on any atom is 0.355 e. The van der Waals surface area contributed by atoms with Crippen LogP contribution in [0.1, 0.15) is 6.92 Å². The number of fused-ring (bicyclic) bond motifs is 1. The second kappa shape index (κ2) is 6.04. The smallest absolute Gasteiger partial charge is 0.355 e. The standard InChI is InChI=1S/C14H11Br2N3O4/c1-2-23-14(22)11-9-10(17-18-11)13(21)19(12(9)20)8-4-3-6(15)5-7(8)16/h3-5,9-10,17H,2H2,1H3. The zero-order valence-electron chi connectivity index (χ0n) is 11.9. The molecule has 23 heavy (non-hydrogen) atoms. The van der Waals surface area contributed by atoms with Gasteiger partial charge in [-0.2, -0.15) is 5.10 Å². The number of hydrazone groups is 1. The summed E-state index contributed by atoms with van der Waals surface area (Å²) in [5.41, 5.74) is 2.92. The van der Waals surface area contributed by atoms with Gasteiger partial charge >= 0.3 is 5.97 Å². The number of hydrogen-bond donors (Lipinski definition) is 1. The van der Waals surface area contributed by atoms with Gasteiger partial charge in [0.2, 0.25) is 5.91 Å². The van der Waals surface area contributed by atoms with E-state index in [0.717, 1.165) is 9.37 Å². The molecule has 1 N–H and O–H groups in total. The number of rotatable bonds is 3. The number of amides is 2. The Bertz CT molecular complexity index is 750. The van der Waals surface area contributed by atoms with Gasteiger partial charge in [-0.3, -0.25) is 15.0 Å². The van der Waals surface area contributed by atoms with Gasteiger partial charge in [0, 0.05) is 8.95 Å². The predicted octanol–water partition coefficient (Wildman–Crippen LogP) is 1.59. The van der Waals surface area contributed by atoms with Crippen molar-refractivity contribution in [2.24, 2.45) is 11.0 Å². The summed E-state index contributed by atoms with van der Waals surface area (Å²) in [7, 11) is 0. The Labute approximate surface area is 148 Å². The van der Waals surface area contributed by atoms with Gasteiger partial charge < -0.3 is 4.74 Å². The van der Waals surface area contributed by atoms with Gasteiger partial charge in [-0.1, -0.05) is 15.9 Å². The van der Waals surface area contributed by atoms with Gasteiger partial charge in [0.15, 0.2) is 5.71 Å². The molecule has 2 aliphatic heterocycles. The monoisotopic (exact) mass is 443 g/mol. The Kier molecular flexibility index (Phi) is 4.24. The molecule has 1 aromatic rings. The molecule has 2 heterocycles. The molecule has 1 aromatic carbocycles. The molecule has 9 heteroatoms. The second-order valence-electron chi connectivity index (χ2n) is 4.91. The van der Waals surface area contributed by atoms with Crippen LogP contribution in [0, 0.1) is 5.92 Å². The lowest BCUT2D eigenvalue weighted by molar-refractivity contribution is -0.136. The van der Waals surface area contributed by atoms with Gasteiger partial charge in [0.25, 0.3) is 5.91 Å². The topological polar surface area (TPSA) is 88.1 Å². The van der Waals surface area contributed by atoms with E-state index in [1.807, 2.05) is 0 Å². The van der Waals surface area contributed by atoms with E-state index in [9.17, 15) is 14.4 Å². The average Bonchev–Trinajstić information content (AvgIpc) is 3.02. The van der Waals surface area contributed by atoms with Crippen molar-refractivity contribution in [1.82, 2.24) is 5.43 Å². The van der Waals surface area contributed by atoms with Gasteiger partial charge in [0.05, 0.1) is 12.3 Å². The molecule has 2 unspecified atom stereocenters. The van der Waals surface area contributed by atoms with Crippen LogP contribution in [0.15, 0.2) is 32.2 Å². The Morgan fingerprint density at radius 3 is 2.74 bits per heavy atom. The summed E-state index contributed by atoms with van der Waals surface area (Å²) in [6.07, 6.45) is 0. The van der Waals surface area contributed by atoms with Crippen LogP contribution >= 0.6 is 31.9 Å². The molecule has 120 valence electrons. The molecule has 1 saturated heterocycles. The zero-order valence-corrected chi connectivity index (χ0v) is 15.0. The molecule has 2 amide bonds. The van der Waals surface area contributed by atoms with Crippen molar-refractivity contribution in [3.63, 3.8) is 0 Å². The summed E-state index contributed by atoms with van der Waals surface area (Å²) in [5, 5.41) is 3.81. The highest BCUT2D eigenvalue weighted by Crippen LogP contribution is 2.36. The van der Waals surface area contributed by atoms with Crippen molar-refractivity contribution in [1.29, 1.82) is 0 Å². The van der Waals surface area contributed by atoms with E-state index in [1.54, 1.807) is 25.1 Å². The summed E-state index contributed by atoms with van der Waals surface area (Å²) in [6.45, 7) is 1.82. The Morgan fingerprint density at radius 2 is 2.09 bits per heavy atom. The minimum absolute atomic E-state index is 0.0639. The zero-order chi connectivity index (χ0) is 16.7. The first-order valence-corrected chi connectivity index (χ1v) is 8.37. The fourth-order valence-corrected chi connectivity index (χ4v) is 3.79. The van der Waals surface area contributed by atoms with Crippen LogP contribution in [0.3, 0.4) is 0 Å². The fourth-order valence-electron chi connectivity index (χ4n) is 2.56. The number of carbonyl (C=O) groups is 3. The molecular formula is C14H11Br2N3O4. The summed E-state index contributed by atoms with van der Waals surface area (Å²) in [4.78, 5) is 38.2. The predicted molar refractivity (Wildman–Crippen MR) is 88.8 cm³/mol. The molecule has 7 nitrogen and oxygen atoms in total. The number of halogens is 2. The van der Waals surface area contributed by atoms with Crippen molar-refractivity contribution in [3.8, 4) is 0 Å². The lowest BCUT2D eigenvalue weighted by Crippen LogP contribution is -2.36. The second-order valence-corrected chi connectivity index (χ2v) is 6.68. The largest absolute Gasteiger partial charge is 0.461 e. The van der Waals surface area contributed by atoms with E-state index in [-0.39, 0.29) is 12.3 Å². The Hall–Kier alpha value is -1.74. The number of nitrogens with one attached hydrogen (secondary N) is 1. The van der Waals surface area contributed by atoms with Crippen LogP contribution in [-0.2, 0) is 19.1 Å². The number of benzene rings is 1. The molecule has 0 aliphatic carbocycles. The maximum atomic E-state index is 12.7. The lowest BCUT2D eigenvalue weighted by Gasteiger charge is -2.17. The normalized spacial score (nSPS) is 22.7. The van der Waals surface area contributed by atoms with Gasteiger partial charge in [-0.05, 0) is 41.1 Å². The van der Waals surface area contributed by atoms with E-state index in [4.69, 9.17) is 4.74 Å². The number of hydrogen-bond acceptors (Lipinski definition) is 6. The molecule has 0 aromatic heterocycles. The molecule has 0 saturated carbocycles. The van der Waals surface area contributed by atoms with E-state index in [2.05, 4.69) is 42.4 Å². The van der Waals surface area contributed by atoms with Crippen LogP contribution in [-0.4, -0.2) is 36.1 Å². The van der Waals surface area contributed by atoms with Crippen molar-refractivity contribution in [2.75, 3.05) is 11.5 Å². The molecule has 1 fully saturated rings. The molecule has 0 spiro atoms. The third-order valence-electron chi connectivity index (χ3n) is 3.56. The number of ether oxygens (including phenoxy) is 1. The van der Waals surface area contributed by atoms with Gasteiger partial charge in [0.1, 0.15) is 12.0 Å². The van der Waals surface area contributed by atoms with Crippen molar-refractivity contribution >= 4 is 61.0 Å². The van der Waals surface area contributed by atoms with E-state index < -0.39 is 29.7 Å².